The lowest BCUT2D eigenvalue weighted by molar-refractivity contribution is -0.135. The zero-order valence-electron chi connectivity index (χ0n) is 16.7. The Morgan fingerprint density at radius 3 is 2.61 bits per heavy atom. The van der Waals surface area contributed by atoms with Gasteiger partial charge in [-0.1, -0.05) is 55.0 Å². The summed E-state index contributed by atoms with van der Waals surface area (Å²) >= 11 is 0. The van der Waals surface area contributed by atoms with Crippen LogP contribution in [-0.2, 0) is 16.0 Å². The molecule has 1 N–H and O–H groups in total. The molecule has 0 aliphatic carbocycles. The fourth-order valence-electron chi connectivity index (χ4n) is 4.14. The molecular formula is C24H28N2O2. The van der Waals surface area contributed by atoms with Crippen molar-refractivity contribution in [2.24, 2.45) is 0 Å². The normalized spacial score (nSPS) is 15.7. The Morgan fingerprint density at radius 1 is 1.14 bits per heavy atom. The molecule has 1 saturated heterocycles. The molecule has 4 heteroatoms. The topological polar surface area (TPSA) is 45.3 Å². The maximum atomic E-state index is 13.1. The van der Waals surface area contributed by atoms with Gasteiger partial charge in [0, 0.05) is 42.5 Å². The number of hydrogen-bond acceptors (Lipinski definition) is 2. The first-order valence-corrected chi connectivity index (χ1v) is 10.2. The number of aryl methyl sites for hydroxylation is 2. The number of benzene rings is 2. The average Bonchev–Trinajstić information content (AvgIpc) is 3.17. The van der Waals surface area contributed by atoms with Crippen LogP contribution in [-0.4, -0.2) is 42.1 Å². The van der Waals surface area contributed by atoms with E-state index in [4.69, 9.17) is 4.74 Å². The molecule has 2 aromatic carbocycles. The van der Waals surface area contributed by atoms with E-state index in [-0.39, 0.29) is 11.8 Å². The van der Waals surface area contributed by atoms with Crippen LogP contribution in [0.3, 0.4) is 0 Å². The van der Waals surface area contributed by atoms with E-state index < -0.39 is 0 Å². The largest absolute Gasteiger partial charge is 0.378 e. The highest BCUT2D eigenvalue weighted by Gasteiger charge is 2.25. The van der Waals surface area contributed by atoms with Gasteiger partial charge >= 0.3 is 0 Å². The van der Waals surface area contributed by atoms with Crippen molar-refractivity contribution in [3.63, 3.8) is 0 Å². The second-order valence-corrected chi connectivity index (χ2v) is 7.60. The van der Waals surface area contributed by atoms with Crippen molar-refractivity contribution in [1.29, 1.82) is 0 Å². The first-order valence-electron chi connectivity index (χ1n) is 10.2. The predicted molar refractivity (Wildman–Crippen MR) is 113 cm³/mol. The maximum Gasteiger partial charge on any atom is 0.223 e. The van der Waals surface area contributed by atoms with Gasteiger partial charge in [0.05, 0.1) is 13.2 Å². The summed E-state index contributed by atoms with van der Waals surface area (Å²) in [6, 6.07) is 15.0. The molecule has 0 bridgehead atoms. The van der Waals surface area contributed by atoms with E-state index >= 15 is 0 Å². The standard InChI is InChI=1S/C24H28N2O2/c1-3-18-5-4-6-20-22(16-25-24(18)20)21(19-9-7-17(2)8-10-19)15-23(27)26-11-13-28-14-12-26/h4-10,16,21,25H,3,11-15H2,1-2H3/t21-/m0/s1. The Labute approximate surface area is 166 Å². The van der Waals surface area contributed by atoms with Crippen molar-refractivity contribution in [3.05, 3.63) is 70.9 Å². The Balaban J connectivity index is 1.73. The van der Waals surface area contributed by atoms with Crippen LogP contribution < -0.4 is 0 Å². The van der Waals surface area contributed by atoms with Crippen LogP contribution in [0.25, 0.3) is 10.9 Å². The van der Waals surface area contributed by atoms with E-state index in [0.717, 1.165) is 6.42 Å². The fraction of sp³-hybridized carbons (Fsp3) is 0.375. The summed E-state index contributed by atoms with van der Waals surface area (Å²) in [7, 11) is 0. The van der Waals surface area contributed by atoms with Crippen LogP contribution in [0.2, 0.25) is 0 Å². The lowest BCUT2D eigenvalue weighted by Crippen LogP contribution is -2.41. The van der Waals surface area contributed by atoms with Crippen LogP contribution in [0.1, 0.15) is 41.5 Å². The van der Waals surface area contributed by atoms with Crippen LogP contribution in [0.5, 0.6) is 0 Å². The number of carbonyl (C=O) groups is 1. The van der Waals surface area contributed by atoms with Crippen molar-refractivity contribution >= 4 is 16.8 Å². The van der Waals surface area contributed by atoms with Gasteiger partial charge in [0.25, 0.3) is 0 Å². The van der Waals surface area contributed by atoms with Crippen molar-refractivity contribution in [2.45, 2.75) is 32.6 Å². The molecule has 1 aromatic heterocycles. The molecule has 1 fully saturated rings. The number of rotatable bonds is 5. The molecule has 0 unspecified atom stereocenters. The highest BCUT2D eigenvalue weighted by molar-refractivity contribution is 5.88. The van der Waals surface area contributed by atoms with E-state index in [9.17, 15) is 4.79 Å². The average molecular weight is 376 g/mol. The van der Waals surface area contributed by atoms with Gasteiger partial charge in [-0.05, 0) is 30.0 Å². The number of fused-ring (bicyclic) bond motifs is 1. The fourth-order valence-corrected chi connectivity index (χ4v) is 4.14. The van der Waals surface area contributed by atoms with E-state index in [1.165, 1.54) is 33.2 Å². The number of amides is 1. The van der Waals surface area contributed by atoms with E-state index in [1.54, 1.807) is 0 Å². The van der Waals surface area contributed by atoms with Crippen LogP contribution >= 0.6 is 0 Å². The number of para-hydroxylation sites is 1. The number of morpholine rings is 1. The first kappa shape index (κ1) is 18.8. The third-order valence-corrected chi connectivity index (χ3v) is 5.81. The molecule has 1 amide bonds. The Kier molecular flexibility index (Phi) is 5.49. The van der Waals surface area contributed by atoms with Gasteiger partial charge in [-0.2, -0.15) is 0 Å². The van der Waals surface area contributed by atoms with E-state index in [0.29, 0.717) is 32.7 Å². The van der Waals surface area contributed by atoms with Crippen LogP contribution in [0.15, 0.2) is 48.7 Å². The number of carbonyl (C=O) groups excluding carboxylic acids is 1. The zero-order valence-corrected chi connectivity index (χ0v) is 16.7. The summed E-state index contributed by atoms with van der Waals surface area (Å²) in [6.07, 6.45) is 3.56. The summed E-state index contributed by atoms with van der Waals surface area (Å²) < 4.78 is 5.41. The Hall–Kier alpha value is -2.59. The minimum Gasteiger partial charge on any atom is -0.378 e. The Morgan fingerprint density at radius 2 is 1.89 bits per heavy atom. The number of H-pyrrole nitrogens is 1. The smallest absolute Gasteiger partial charge is 0.223 e. The SMILES string of the molecule is CCc1cccc2c([C@@H](CC(=O)N3CCOCC3)c3ccc(C)cc3)c[nH]c12. The highest BCUT2D eigenvalue weighted by atomic mass is 16.5. The number of aromatic amines is 1. The van der Waals surface area contributed by atoms with Crippen LogP contribution in [0.4, 0.5) is 0 Å². The van der Waals surface area contributed by atoms with Crippen LogP contribution in [0, 0.1) is 6.92 Å². The second kappa shape index (κ2) is 8.19. The van der Waals surface area contributed by atoms with Crippen molar-refractivity contribution < 1.29 is 9.53 Å². The molecule has 4 rings (SSSR count). The quantitative estimate of drug-likeness (QED) is 0.716. The number of aromatic nitrogens is 1. The lowest BCUT2D eigenvalue weighted by Gasteiger charge is -2.28. The minimum absolute atomic E-state index is 0.0387. The van der Waals surface area contributed by atoms with E-state index in [2.05, 4.69) is 67.5 Å². The molecule has 0 saturated carbocycles. The monoisotopic (exact) mass is 376 g/mol. The maximum absolute atomic E-state index is 13.1. The molecule has 1 atom stereocenters. The number of hydrogen-bond donors (Lipinski definition) is 1. The summed E-state index contributed by atoms with van der Waals surface area (Å²) in [5, 5.41) is 1.22. The summed E-state index contributed by atoms with van der Waals surface area (Å²) in [6.45, 7) is 6.91. The summed E-state index contributed by atoms with van der Waals surface area (Å²) in [5.74, 6) is 0.242. The molecule has 3 aromatic rings. The first-order chi connectivity index (χ1) is 13.7. The highest BCUT2D eigenvalue weighted by Crippen LogP contribution is 2.35. The van der Waals surface area contributed by atoms with Crippen molar-refractivity contribution in [1.82, 2.24) is 9.88 Å². The van der Waals surface area contributed by atoms with Gasteiger partial charge in [-0.25, -0.2) is 0 Å². The van der Waals surface area contributed by atoms with Crippen molar-refractivity contribution in [2.75, 3.05) is 26.3 Å². The molecule has 28 heavy (non-hydrogen) atoms. The molecule has 0 spiro atoms. The van der Waals surface area contributed by atoms with Gasteiger partial charge in [0.1, 0.15) is 0 Å². The molecule has 4 nitrogen and oxygen atoms in total. The number of ether oxygens (including phenoxy) is 1. The zero-order chi connectivity index (χ0) is 19.5. The van der Waals surface area contributed by atoms with Gasteiger partial charge in [-0.15, -0.1) is 0 Å². The molecule has 146 valence electrons. The third kappa shape index (κ3) is 3.69. The molecular weight excluding hydrogens is 348 g/mol. The lowest BCUT2D eigenvalue weighted by atomic mass is 9.87. The van der Waals surface area contributed by atoms with Gasteiger partial charge in [-0.3, -0.25) is 4.79 Å². The minimum atomic E-state index is 0.0387. The van der Waals surface area contributed by atoms with Crippen molar-refractivity contribution in [3.8, 4) is 0 Å². The van der Waals surface area contributed by atoms with Gasteiger partial charge < -0.3 is 14.6 Å². The number of nitrogens with one attached hydrogen (secondary N) is 1. The van der Waals surface area contributed by atoms with E-state index in [1.807, 2.05) is 4.90 Å². The molecule has 0 radical (unpaired) electrons. The second-order valence-electron chi connectivity index (χ2n) is 7.60. The third-order valence-electron chi connectivity index (χ3n) is 5.81. The number of nitrogens with zero attached hydrogens (tertiary/aromatic N) is 1. The Bertz CT molecular complexity index is 952. The molecule has 2 heterocycles. The van der Waals surface area contributed by atoms with Gasteiger partial charge in [0.2, 0.25) is 5.91 Å². The van der Waals surface area contributed by atoms with Gasteiger partial charge in [0.15, 0.2) is 0 Å². The predicted octanol–water partition coefficient (Wildman–Crippen LogP) is 4.42. The summed E-state index contributed by atoms with van der Waals surface area (Å²) in [4.78, 5) is 18.5. The summed E-state index contributed by atoms with van der Waals surface area (Å²) in [5.41, 5.74) is 6.13. The molecule has 1 aliphatic rings. The molecule has 1 aliphatic heterocycles.